The van der Waals surface area contributed by atoms with Crippen molar-refractivity contribution >= 4 is 6.03 Å². The molecule has 8 heteroatoms. The molecule has 1 aliphatic rings. The van der Waals surface area contributed by atoms with Crippen molar-refractivity contribution < 1.29 is 23.8 Å². The first kappa shape index (κ1) is 27.9. The number of aliphatic hydroxyl groups is 1. The van der Waals surface area contributed by atoms with Crippen molar-refractivity contribution in [1.82, 2.24) is 15.5 Å². The van der Waals surface area contributed by atoms with E-state index in [4.69, 9.17) is 9.47 Å². The lowest BCUT2D eigenvalue weighted by Gasteiger charge is -2.43. The molecule has 3 rings (SSSR count). The number of nitrogens with zero attached hydrogens (tertiary/aromatic N) is 1. The summed E-state index contributed by atoms with van der Waals surface area (Å²) in [5, 5.41) is 18.4. The van der Waals surface area contributed by atoms with Gasteiger partial charge < -0.3 is 30.1 Å². The van der Waals surface area contributed by atoms with Crippen LogP contribution in [-0.4, -0.2) is 62.5 Å². The Morgan fingerprint density at radius 3 is 2.69 bits per heavy atom. The lowest BCUT2D eigenvalue weighted by Crippen LogP contribution is -2.53. The number of carbonyl (C=O) groups excluding carboxylic acids is 1. The Hall–Kier alpha value is -2.68. The molecular weight excluding hydrogens is 461 g/mol. The van der Waals surface area contributed by atoms with E-state index in [1.54, 1.807) is 19.2 Å². The molecule has 2 aromatic carbocycles. The minimum Gasteiger partial charge on any atom is -0.457 e. The summed E-state index contributed by atoms with van der Waals surface area (Å²) in [5.41, 5.74) is -0.526. The van der Waals surface area contributed by atoms with Gasteiger partial charge in [0, 0.05) is 50.9 Å². The van der Waals surface area contributed by atoms with Gasteiger partial charge in [0.1, 0.15) is 17.3 Å². The van der Waals surface area contributed by atoms with E-state index in [0.717, 1.165) is 25.7 Å². The van der Waals surface area contributed by atoms with Gasteiger partial charge in [-0.25, -0.2) is 9.18 Å². The molecule has 0 aliphatic carbocycles. The summed E-state index contributed by atoms with van der Waals surface area (Å²) in [6, 6.07) is 13.2. The summed E-state index contributed by atoms with van der Waals surface area (Å²) in [4.78, 5) is 14.8. The molecular formula is C28H40FN3O4. The van der Waals surface area contributed by atoms with Crippen LogP contribution in [0.15, 0.2) is 48.5 Å². The van der Waals surface area contributed by atoms with E-state index in [0.29, 0.717) is 49.7 Å². The highest BCUT2D eigenvalue weighted by Gasteiger charge is 2.43. The van der Waals surface area contributed by atoms with Crippen molar-refractivity contribution in [1.29, 1.82) is 0 Å². The Morgan fingerprint density at radius 1 is 1.22 bits per heavy atom. The van der Waals surface area contributed by atoms with E-state index in [9.17, 15) is 14.3 Å². The Balaban J connectivity index is 1.87. The second kappa shape index (κ2) is 13.6. The highest BCUT2D eigenvalue weighted by molar-refractivity contribution is 5.74. The molecule has 7 nitrogen and oxygen atoms in total. The molecule has 0 aromatic heterocycles. The predicted octanol–water partition coefficient (Wildman–Crippen LogP) is 4.65. The normalized spacial score (nSPS) is 18.4. The zero-order valence-electron chi connectivity index (χ0n) is 21.6. The number of para-hydroxylation sites is 1. The van der Waals surface area contributed by atoms with Gasteiger partial charge in [0.15, 0.2) is 0 Å². The summed E-state index contributed by atoms with van der Waals surface area (Å²) >= 11 is 0. The smallest absolute Gasteiger partial charge is 0.317 e. The van der Waals surface area contributed by atoms with Crippen molar-refractivity contribution in [3.63, 3.8) is 0 Å². The quantitative estimate of drug-likeness (QED) is 0.369. The number of likely N-dealkylation sites (N-methyl/N-ethyl adjacent to an activating group) is 1. The fraction of sp³-hybridized carbons (Fsp3) is 0.536. The number of amides is 2. The van der Waals surface area contributed by atoms with Crippen LogP contribution in [0.25, 0.3) is 0 Å². The Kier molecular flexibility index (Phi) is 10.5. The molecule has 1 aliphatic heterocycles. The molecule has 0 radical (unpaired) electrons. The number of nitrogens with one attached hydrogen (secondary N) is 2. The minimum atomic E-state index is -1.21. The number of rotatable bonds is 12. The van der Waals surface area contributed by atoms with Gasteiger partial charge in [0.05, 0.1) is 5.60 Å². The summed E-state index contributed by atoms with van der Waals surface area (Å²) < 4.78 is 24.8. The predicted molar refractivity (Wildman–Crippen MR) is 139 cm³/mol. The standard InChI is InChI=1S/C28H40FN3O4/c1-21(19-30-2)31-27(33)32-17-8-9-22(20-32)28(34,16-6-7-18-35-3)25-10-4-5-11-26(25)36-24-14-12-23(29)13-15-24/h4-5,10-15,21-22,30,34H,6-9,16-20H2,1-3H3,(H,31,33). The number of urea groups is 1. The third kappa shape index (κ3) is 7.41. The van der Waals surface area contributed by atoms with Gasteiger partial charge in [0.2, 0.25) is 0 Å². The number of methoxy groups -OCH3 is 1. The van der Waals surface area contributed by atoms with Crippen molar-refractivity contribution in [2.24, 2.45) is 5.92 Å². The van der Waals surface area contributed by atoms with E-state index in [2.05, 4.69) is 10.6 Å². The maximum atomic E-state index is 13.4. The first-order valence-corrected chi connectivity index (χ1v) is 12.8. The van der Waals surface area contributed by atoms with E-state index < -0.39 is 5.60 Å². The number of benzene rings is 2. The Labute approximate surface area is 214 Å². The third-order valence-electron chi connectivity index (χ3n) is 6.82. The largest absolute Gasteiger partial charge is 0.457 e. The number of halogens is 1. The highest BCUT2D eigenvalue weighted by atomic mass is 19.1. The van der Waals surface area contributed by atoms with Crippen LogP contribution in [-0.2, 0) is 10.3 Å². The van der Waals surface area contributed by atoms with Crippen LogP contribution in [0, 0.1) is 11.7 Å². The summed E-state index contributed by atoms with van der Waals surface area (Å²) in [7, 11) is 3.53. The number of hydrogen-bond acceptors (Lipinski definition) is 5. The van der Waals surface area contributed by atoms with Gasteiger partial charge in [-0.3, -0.25) is 0 Å². The Morgan fingerprint density at radius 2 is 1.97 bits per heavy atom. The number of carbonyl (C=O) groups is 1. The van der Waals surface area contributed by atoms with Crippen LogP contribution in [0.1, 0.15) is 44.6 Å². The van der Waals surface area contributed by atoms with Crippen molar-refractivity contribution in [2.75, 3.05) is 40.4 Å². The van der Waals surface area contributed by atoms with E-state index in [1.165, 1.54) is 12.1 Å². The first-order chi connectivity index (χ1) is 17.4. The van der Waals surface area contributed by atoms with Crippen LogP contribution < -0.4 is 15.4 Å². The van der Waals surface area contributed by atoms with Gasteiger partial charge in [-0.15, -0.1) is 0 Å². The zero-order chi connectivity index (χ0) is 26.0. The van der Waals surface area contributed by atoms with E-state index in [1.807, 2.05) is 43.1 Å². The van der Waals surface area contributed by atoms with Gasteiger partial charge in [-0.1, -0.05) is 18.2 Å². The molecule has 3 N–H and O–H groups in total. The summed E-state index contributed by atoms with van der Waals surface area (Å²) in [6.07, 6.45) is 3.69. The van der Waals surface area contributed by atoms with E-state index in [-0.39, 0.29) is 23.8 Å². The van der Waals surface area contributed by atoms with Crippen LogP contribution in [0.5, 0.6) is 11.5 Å². The van der Waals surface area contributed by atoms with Crippen LogP contribution in [0.3, 0.4) is 0 Å². The fourth-order valence-electron chi connectivity index (χ4n) is 4.95. The lowest BCUT2D eigenvalue weighted by molar-refractivity contribution is -0.0574. The monoisotopic (exact) mass is 501 g/mol. The number of ether oxygens (including phenoxy) is 2. The second-order valence-electron chi connectivity index (χ2n) is 9.62. The molecule has 0 bridgehead atoms. The molecule has 3 unspecified atom stereocenters. The fourth-order valence-corrected chi connectivity index (χ4v) is 4.95. The van der Waals surface area contributed by atoms with Crippen LogP contribution >= 0.6 is 0 Å². The third-order valence-corrected chi connectivity index (χ3v) is 6.82. The number of unbranched alkanes of at least 4 members (excludes halogenated alkanes) is 1. The molecule has 36 heavy (non-hydrogen) atoms. The maximum absolute atomic E-state index is 13.4. The van der Waals surface area contributed by atoms with Crippen LogP contribution in [0.4, 0.5) is 9.18 Å². The van der Waals surface area contributed by atoms with Gasteiger partial charge in [0.25, 0.3) is 0 Å². The van der Waals surface area contributed by atoms with Crippen LogP contribution in [0.2, 0.25) is 0 Å². The molecule has 0 saturated carbocycles. The average molecular weight is 502 g/mol. The minimum absolute atomic E-state index is 0.000592. The van der Waals surface area contributed by atoms with Crippen molar-refractivity contribution in [2.45, 2.75) is 50.7 Å². The van der Waals surface area contributed by atoms with Gasteiger partial charge in [-0.05, 0) is 76.4 Å². The number of piperidine rings is 1. The SMILES string of the molecule is CNCC(C)NC(=O)N1CCCC(C(O)(CCCCOC)c2ccccc2Oc2ccc(F)cc2)C1. The van der Waals surface area contributed by atoms with Crippen molar-refractivity contribution in [3.8, 4) is 11.5 Å². The maximum Gasteiger partial charge on any atom is 0.317 e. The zero-order valence-corrected chi connectivity index (χ0v) is 21.6. The average Bonchev–Trinajstić information content (AvgIpc) is 2.88. The lowest BCUT2D eigenvalue weighted by atomic mass is 9.73. The highest BCUT2D eigenvalue weighted by Crippen LogP contribution is 2.44. The molecule has 1 saturated heterocycles. The topological polar surface area (TPSA) is 83.1 Å². The molecule has 2 amide bonds. The van der Waals surface area contributed by atoms with Gasteiger partial charge in [-0.2, -0.15) is 0 Å². The number of hydrogen-bond donors (Lipinski definition) is 3. The molecule has 0 spiro atoms. The molecule has 198 valence electrons. The molecule has 1 heterocycles. The molecule has 2 aromatic rings. The second-order valence-corrected chi connectivity index (χ2v) is 9.62. The summed E-state index contributed by atoms with van der Waals surface area (Å²) in [5.74, 6) is 0.517. The van der Waals surface area contributed by atoms with Crippen molar-refractivity contribution in [3.05, 3.63) is 59.9 Å². The molecule has 3 atom stereocenters. The molecule has 1 fully saturated rings. The first-order valence-electron chi connectivity index (χ1n) is 12.8. The Bertz CT molecular complexity index is 958. The van der Waals surface area contributed by atoms with Gasteiger partial charge >= 0.3 is 6.03 Å². The summed E-state index contributed by atoms with van der Waals surface area (Å²) in [6.45, 7) is 4.36. The number of likely N-dealkylation sites (tertiary alicyclic amines) is 1. The van der Waals surface area contributed by atoms with E-state index >= 15 is 0 Å².